The Kier molecular flexibility index (Phi) is 5.16. The Morgan fingerprint density at radius 1 is 1.42 bits per heavy atom. The first-order chi connectivity index (χ1) is 9.22. The Balaban J connectivity index is 1.88. The molecule has 0 bridgehead atoms. The van der Waals surface area contributed by atoms with Gasteiger partial charge in [-0.25, -0.2) is 0 Å². The second-order valence-electron chi connectivity index (χ2n) is 5.37. The van der Waals surface area contributed by atoms with Gasteiger partial charge in [0.25, 0.3) is 0 Å². The number of aromatic nitrogens is 1. The van der Waals surface area contributed by atoms with E-state index in [4.69, 9.17) is 0 Å². The first-order valence-electron chi connectivity index (χ1n) is 7.28. The maximum absolute atomic E-state index is 4.46. The van der Waals surface area contributed by atoms with Gasteiger partial charge in [0.15, 0.2) is 0 Å². The van der Waals surface area contributed by atoms with E-state index in [2.05, 4.69) is 40.1 Å². The summed E-state index contributed by atoms with van der Waals surface area (Å²) in [5.41, 5.74) is 2.28. The van der Waals surface area contributed by atoms with Gasteiger partial charge in [-0.1, -0.05) is 6.92 Å². The van der Waals surface area contributed by atoms with Crippen molar-refractivity contribution >= 4 is 5.69 Å². The zero-order valence-electron chi connectivity index (χ0n) is 12.4. The van der Waals surface area contributed by atoms with Crippen LogP contribution in [0, 0.1) is 0 Å². The molecular formula is C15H26N4. The first-order valence-corrected chi connectivity index (χ1v) is 7.28. The highest BCUT2D eigenvalue weighted by Crippen LogP contribution is 2.17. The number of rotatable bonds is 5. The van der Waals surface area contributed by atoms with Crippen molar-refractivity contribution in [2.75, 3.05) is 39.0 Å². The van der Waals surface area contributed by atoms with Crippen LogP contribution in [0.25, 0.3) is 0 Å². The normalized spacial score (nSPS) is 17.9. The van der Waals surface area contributed by atoms with Gasteiger partial charge in [-0.3, -0.25) is 9.88 Å². The third-order valence-corrected chi connectivity index (χ3v) is 4.14. The van der Waals surface area contributed by atoms with Gasteiger partial charge >= 0.3 is 0 Å². The monoisotopic (exact) mass is 262 g/mol. The van der Waals surface area contributed by atoms with Crippen LogP contribution in [-0.4, -0.2) is 54.6 Å². The molecule has 0 aromatic carbocycles. The molecule has 0 aliphatic carbocycles. The second kappa shape index (κ2) is 6.87. The number of hydrogen-bond acceptors (Lipinski definition) is 4. The summed E-state index contributed by atoms with van der Waals surface area (Å²) in [6.45, 7) is 6.83. The lowest BCUT2D eigenvalue weighted by Crippen LogP contribution is -2.43. The van der Waals surface area contributed by atoms with Crippen molar-refractivity contribution in [3.63, 3.8) is 0 Å². The zero-order chi connectivity index (χ0) is 13.7. The highest BCUT2D eigenvalue weighted by molar-refractivity contribution is 5.42. The van der Waals surface area contributed by atoms with Gasteiger partial charge < -0.3 is 10.2 Å². The molecule has 1 aromatic heterocycles. The van der Waals surface area contributed by atoms with Crippen molar-refractivity contribution in [3.8, 4) is 0 Å². The molecule has 0 amide bonds. The van der Waals surface area contributed by atoms with Crippen LogP contribution in [-0.2, 0) is 6.54 Å². The lowest BCUT2D eigenvalue weighted by Gasteiger charge is -2.36. The summed E-state index contributed by atoms with van der Waals surface area (Å²) in [5.74, 6) is 0. The van der Waals surface area contributed by atoms with E-state index in [1.807, 2.05) is 19.3 Å². The Labute approximate surface area is 116 Å². The highest BCUT2D eigenvalue weighted by atomic mass is 15.2. The van der Waals surface area contributed by atoms with E-state index in [-0.39, 0.29) is 0 Å². The van der Waals surface area contributed by atoms with Crippen molar-refractivity contribution < 1.29 is 0 Å². The average molecular weight is 262 g/mol. The fourth-order valence-electron chi connectivity index (χ4n) is 2.78. The number of nitrogens with zero attached hydrogens (tertiary/aromatic N) is 3. The largest absolute Gasteiger partial charge is 0.388 e. The van der Waals surface area contributed by atoms with E-state index in [1.54, 1.807) is 0 Å². The van der Waals surface area contributed by atoms with E-state index in [1.165, 1.54) is 32.5 Å². The Morgan fingerprint density at radius 3 is 2.79 bits per heavy atom. The summed E-state index contributed by atoms with van der Waals surface area (Å²) < 4.78 is 0. The van der Waals surface area contributed by atoms with Crippen LogP contribution in [0.4, 0.5) is 5.69 Å². The SMILES string of the molecule is CCN1CCC(N(C)Cc2cc(NC)ccn2)CC1. The summed E-state index contributed by atoms with van der Waals surface area (Å²) in [5, 5.41) is 3.17. The Hall–Kier alpha value is -1.13. The number of anilines is 1. The fourth-order valence-corrected chi connectivity index (χ4v) is 2.78. The minimum absolute atomic E-state index is 0.697. The molecule has 19 heavy (non-hydrogen) atoms. The minimum atomic E-state index is 0.697. The number of nitrogens with one attached hydrogen (secondary N) is 1. The summed E-state index contributed by atoms with van der Waals surface area (Å²) in [6.07, 6.45) is 4.43. The smallest absolute Gasteiger partial charge is 0.0564 e. The number of pyridine rings is 1. The van der Waals surface area contributed by atoms with E-state index in [9.17, 15) is 0 Å². The fraction of sp³-hybridized carbons (Fsp3) is 0.667. The number of hydrogen-bond donors (Lipinski definition) is 1. The standard InChI is InChI=1S/C15H26N4/c1-4-19-9-6-15(7-10-19)18(3)12-14-11-13(16-2)5-8-17-14/h5,8,11,15H,4,6-7,9-10,12H2,1-3H3,(H,16,17). The maximum atomic E-state index is 4.46. The predicted molar refractivity (Wildman–Crippen MR) is 80.4 cm³/mol. The van der Waals surface area contributed by atoms with Crippen molar-refractivity contribution in [2.24, 2.45) is 0 Å². The molecule has 1 N–H and O–H groups in total. The predicted octanol–water partition coefficient (Wildman–Crippen LogP) is 2.04. The molecule has 1 saturated heterocycles. The van der Waals surface area contributed by atoms with Gasteiger partial charge in [0.05, 0.1) is 5.69 Å². The van der Waals surface area contributed by atoms with Gasteiger partial charge in [0, 0.05) is 31.5 Å². The molecule has 0 unspecified atom stereocenters. The molecule has 0 radical (unpaired) electrons. The van der Waals surface area contributed by atoms with E-state index < -0.39 is 0 Å². The maximum Gasteiger partial charge on any atom is 0.0564 e. The van der Waals surface area contributed by atoms with E-state index in [0.717, 1.165) is 17.9 Å². The molecule has 1 fully saturated rings. The van der Waals surface area contributed by atoms with Crippen molar-refractivity contribution in [1.82, 2.24) is 14.8 Å². The van der Waals surface area contributed by atoms with Crippen LogP contribution >= 0.6 is 0 Å². The molecule has 2 heterocycles. The Bertz CT molecular complexity index is 385. The Morgan fingerprint density at radius 2 is 2.16 bits per heavy atom. The van der Waals surface area contributed by atoms with E-state index in [0.29, 0.717) is 6.04 Å². The van der Waals surface area contributed by atoms with Crippen molar-refractivity contribution in [3.05, 3.63) is 24.0 Å². The molecule has 0 saturated carbocycles. The summed E-state index contributed by atoms with van der Waals surface area (Å²) in [6, 6.07) is 4.84. The van der Waals surface area contributed by atoms with Crippen LogP contribution in [0.3, 0.4) is 0 Å². The highest BCUT2D eigenvalue weighted by Gasteiger charge is 2.21. The molecule has 2 rings (SSSR count). The van der Waals surface area contributed by atoms with Gasteiger partial charge in [-0.05, 0) is 51.7 Å². The number of likely N-dealkylation sites (tertiary alicyclic amines) is 1. The van der Waals surface area contributed by atoms with Crippen LogP contribution in [0.15, 0.2) is 18.3 Å². The summed E-state index contributed by atoms with van der Waals surface area (Å²) in [4.78, 5) is 9.45. The van der Waals surface area contributed by atoms with Crippen LogP contribution < -0.4 is 5.32 Å². The molecule has 1 aliphatic rings. The third-order valence-electron chi connectivity index (χ3n) is 4.14. The van der Waals surface area contributed by atoms with Crippen LogP contribution in [0.2, 0.25) is 0 Å². The minimum Gasteiger partial charge on any atom is -0.388 e. The molecule has 1 aromatic rings. The van der Waals surface area contributed by atoms with Crippen molar-refractivity contribution in [1.29, 1.82) is 0 Å². The van der Waals surface area contributed by atoms with Crippen LogP contribution in [0.5, 0.6) is 0 Å². The van der Waals surface area contributed by atoms with Gasteiger partial charge in [-0.15, -0.1) is 0 Å². The van der Waals surface area contributed by atoms with Crippen LogP contribution in [0.1, 0.15) is 25.5 Å². The van der Waals surface area contributed by atoms with Gasteiger partial charge in [0.2, 0.25) is 0 Å². The second-order valence-corrected chi connectivity index (χ2v) is 5.37. The molecule has 1 aliphatic heterocycles. The number of piperidine rings is 1. The van der Waals surface area contributed by atoms with Crippen molar-refractivity contribution in [2.45, 2.75) is 32.4 Å². The first kappa shape index (κ1) is 14.3. The topological polar surface area (TPSA) is 31.4 Å². The molecule has 0 atom stereocenters. The van der Waals surface area contributed by atoms with Gasteiger partial charge in [0.1, 0.15) is 0 Å². The summed E-state index contributed by atoms with van der Waals surface area (Å²) in [7, 11) is 4.17. The average Bonchev–Trinajstić information content (AvgIpc) is 2.47. The quantitative estimate of drug-likeness (QED) is 0.880. The third kappa shape index (κ3) is 3.91. The molecule has 4 heteroatoms. The molecule has 4 nitrogen and oxygen atoms in total. The molecule has 0 spiro atoms. The zero-order valence-corrected chi connectivity index (χ0v) is 12.4. The lowest BCUT2D eigenvalue weighted by atomic mass is 10.0. The molecular weight excluding hydrogens is 236 g/mol. The van der Waals surface area contributed by atoms with Gasteiger partial charge in [-0.2, -0.15) is 0 Å². The lowest BCUT2D eigenvalue weighted by molar-refractivity contribution is 0.126. The van der Waals surface area contributed by atoms with E-state index >= 15 is 0 Å². The summed E-state index contributed by atoms with van der Waals surface area (Å²) >= 11 is 0. The molecule has 106 valence electrons.